The van der Waals surface area contributed by atoms with Crippen molar-refractivity contribution in [3.05, 3.63) is 77.8 Å². The quantitative estimate of drug-likeness (QED) is 0.486. The lowest BCUT2D eigenvalue weighted by Gasteiger charge is -2.31. The van der Waals surface area contributed by atoms with Gasteiger partial charge in [-0.25, -0.2) is 13.8 Å². The fourth-order valence-corrected chi connectivity index (χ4v) is 4.55. The predicted molar refractivity (Wildman–Crippen MR) is 114 cm³/mol. The molecule has 2 atom stereocenters. The maximum atomic E-state index is 14.0. The van der Waals surface area contributed by atoms with Crippen LogP contribution in [0.1, 0.15) is 50.0 Å². The summed E-state index contributed by atoms with van der Waals surface area (Å²) >= 11 is 0. The van der Waals surface area contributed by atoms with Gasteiger partial charge in [0.2, 0.25) is 5.91 Å². The van der Waals surface area contributed by atoms with E-state index in [0.29, 0.717) is 18.2 Å². The van der Waals surface area contributed by atoms with Crippen molar-refractivity contribution in [1.29, 1.82) is 0 Å². The van der Waals surface area contributed by atoms with Gasteiger partial charge >= 0.3 is 0 Å². The SMILES string of the molecule is CC[C@H](c1ccccc1)[C@@H]1CCCN1C(=O)CCc1ncc(-c2ccc(F)cc2F)o1. The Morgan fingerprint density at radius 1 is 1.23 bits per heavy atom. The summed E-state index contributed by atoms with van der Waals surface area (Å²) in [7, 11) is 0. The topological polar surface area (TPSA) is 46.3 Å². The normalized spacial score (nSPS) is 17.1. The van der Waals surface area contributed by atoms with Gasteiger partial charge in [-0.1, -0.05) is 37.3 Å². The Morgan fingerprint density at radius 2 is 2.03 bits per heavy atom. The summed E-state index contributed by atoms with van der Waals surface area (Å²) in [4.78, 5) is 19.2. The number of amides is 1. The molecule has 0 bridgehead atoms. The number of carbonyl (C=O) groups is 1. The van der Waals surface area contributed by atoms with Crippen molar-refractivity contribution in [3.63, 3.8) is 0 Å². The van der Waals surface area contributed by atoms with Gasteiger partial charge in [0, 0.05) is 37.4 Å². The van der Waals surface area contributed by atoms with Crippen LogP contribution in [0.3, 0.4) is 0 Å². The summed E-state index contributed by atoms with van der Waals surface area (Å²) in [6.07, 6.45) is 5.03. The molecule has 2 heterocycles. The summed E-state index contributed by atoms with van der Waals surface area (Å²) in [5.41, 5.74) is 1.42. The van der Waals surface area contributed by atoms with Crippen LogP contribution in [-0.4, -0.2) is 28.4 Å². The van der Waals surface area contributed by atoms with E-state index in [-0.39, 0.29) is 29.7 Å². The molecule has 1 saturated heterocycles. The first kappa shape index (κ1) is 21.2. The van der Waals surface area contributed by atoms with E-state index in [1.165, 1.54) is 23.9 Å². The fourth-order valence-electron chi connectivity index (χ4n) is 4.55. The largest absolute Gasteiger partial charge is 0.441 e. The molecule has 0 unspecified atom stereocenters. The minimum Gasteiger partial charge on any atom is -0.441 e. The summed E-state index contributed by atoms with van der Waals surface area (Å²) in [5, 5.41) is 0. The van der Waals surface area contributed by atoms with Gasteiger partial charge < -0.3 is 9.32 Å². The first-order valence-corrected chi connectivity index (χ1v) is 10.8. The van der Waals surface area contributed by atoms with E-state index in [0.717, 1.165) is 31.9 Å². The average Bonchev–Trinajstić information content (AvgIpc) is 3.44. The Kier molecular flexibility index (Phi) is 6.44. The second-order valence-corrected chi connectivity index (χ2v) is 7.96. The standard InChI is InChI=1S/C25H26F2N2O2/c1-2-19(17-7-4-3-5-8-17)22-9-6-14-29(22)25(30)13-12-24-28-16-23(31-24)20-11-10-18(26)15-21(20)27/h3-5,7-8,10-11,15-16,19,22H,2,6,9,12-14H2,1H3/t19-,22+/m1/s1. The average molecular weight is 424 g/mol. The maximum absolute atomic E-state index is 14.0. The van der Waals surface area contributed by atoms with E-state index in [1.54, 1.807) is 0 Å². The van der Waals surface area contributed by atoms with E-state index in [9.17, 15) is 13.6 Å². The van der Waals surface area contributed by atoms with Crippen LogP contribution in [0.2, 0.25) is 0 Å². The van der Waals surface area contributed by atoms with Gasteiger partial charge in [-0.2, -0.15) is 0 Å². The number of hydrogen-bond donors (Lipinski definition) is 0. The number of carbonyl (C=O) groups excluding carboxylic acids is 1. The molecule has 4 nitrogen and oxygen atoms in total. The van der Waals surface area contributed by atoms with E-state index in [4.69, 9.17) is 4.42 Å². The third-order valence-electron chi connectivity index (χ3n) is 6.05. The molecule has 0 saturated carbocycles. The number of hydrogen-bond acceptors (Lipinski definition) is 3. The predicted octanol–water partition coefficient (Wildman–Crippen LogP) is 5.74. The maximum Gasteiger partial charge on any atom is 0.223 e. The molecule has 0 N–H and O–H groups in total. The van der Waals surface area contributed by atoms with Gasteiger partial charge in [-0.05, 0) is 37.0 Å². The van der Waals surface area contributed by atoms with Crippen LogP contribution >= 0.6 is 0 Å². The van der Waals surface area contributed by atoms with Crippen LogP contribution in [0.15, 0.2) is 59.1 Å². The molecule has 1 amide bonds. The molecule has 1 aromatic heterocycles. The number of oxazole rings is 1. The van der Waals surface area contributed by atoms with Gasteiger partial charge in [0.25, 0.3) is 0 Å². The molecular weight excluding hydrogens is 398 g/mol. The number of aryl methyl sites for hydroxylation is 1. The lowest BCUT2D eigenvalue weighted by atomic mass is 9.87. The summed E-state index contributed by atoms with van der Waals surface area (Å²) in [6, 6.07) is 13.9. The minimum absolute atomic E-state index is 0.0876. The van der Waals surface area contributed by atoms with Crippen molar-refractivity contribution in [2.45, 2.75) is 51.0 Å². The molecule has 1 aliphatic rings. The van der Waals surface area contributed by atoms with Gasteiger partial charge in [0.1, 0.15) is 11.6 Å². The van der Waals surface area contributed by atoms with Crippen LogP contribution in [0.5, 0.6) is 0 Å². The Balaban J connectivity index is 1.41. The number of nitrogens with zero attached hydrogens (tertiary/aromatic N) is 2. The highest BCUT2D eigenvalue weighted by Gasteiger charge is 2.34. The second-order valence-electron chi connectivity index (χ2n) is 7.96. The van der Waals surface area contributed by atoms with Crippen molar-refractivity contribution in [3.8, 4) is 11.3 Å². The fraction of sp³-hybridized carbons (Fsp3) is 0.360. The molecule has 2 aromatic carbocycles. The van der Waals surface area contributed by atoms with Crippen LogP contribution < -0.4 is 0 Å². The third kappa shape index (κ3) is 4.68. The number of likely N-dealkylation sites (tertiary alicyclic amines) is 1. The smallest absolute Gasteiger partial charge is 0.223 e. The number of halogens is 2. The number of rotatable bonds is 7. The molecule has 6 heteroatoms. The number of aromatic nitrogens is 1. The Labute approximate surface area is 180 Å². The zero-order valence-corrected chi connectivity index (χ0v) is 17.6. The van der Waals surface area contributed by atoms with Gasteiger partial charge in [0.05, 0.1) is 11.8 Å². The van der Waals surface area contributed by atoms with E-state index < -0.39 is 11.6 Å². The molecular formula is C25H26F2N2O2. The highest BCUT2D eigenvalue weighted by molar-refractivity contribution is 5.77. The Hall–Kier alpha value is -3.02. The monoisotopic (exact) mass is 424 g/mol. The van der Waals surface area contributed by atoms with Crippen molar-refractivity contribution >= 4 is 5.91 Å². The number of benzene rings is 2. The highest BCUT2D eigenvalue weighted by Crippen LogP contribution is 2.34. The molecule has 4 rings (SSSR count). The molecule has 1 aliphatic heterocycles. The lowest BCUT2D eigenvalue weighted by molar-refractivity contribution is -0.132. The summed E-state index contributed by atoms with van der Waals surface area (Å²) in [5.74, 6) is -0.336. The van der Waals surface area contributed by atoms with Gasteiger partial charge in [0.15, 0.2) is 11.7 Å². The van der Waals surface area contributed by atoms with Crippen molar-refractivity contribution < 1.29 is 18.0 Å². The van der Waals surface area contributed by atoms with Crippen LogP contribution in [0.25, 0.3) is 11.3 Å². The Bertz CT molecular complexity index is 1040. The van der Waals surface area contributed by atoms with E-state index in [1.807, 2.05) is 23.1 Å². The second kappa shape index (κ2) is 9.41. The molecule has 162 valence electrons. The Morgan fingerprint density at radius 3 is 2.77 bits per heavy atom. The summed E-state index contributed by atoms with van der Waals surface area (Å²) < 4.78 is 32.7. The first-order chi connectivity index (χ1) is 15.1. The molecule has 0 aliphatic carbocycles. The van der Waals surface area contributed by atoms with Crippen molar-refractivity contribution in [2.24, 2.45) is 0 Å². The van der Waals surface area contributed by atoms with Crippen LogP contribution in [-0.2, 0) is 11.2 Å². The molecule has 0 spiro atoms. The molecule has 1 fully saturated rings. The van der Waals surface area contributed by atoms with Gasteiger partial charge in [-0.3, -0.25) is 4.79 Å². The third-order valence-corrected chi connectivity index (χ3v) is 6.05. The first-order valence-electron chi connectivity index (χ1n) is 10.8. The van der Waals surface area contributed by atoms with Crippen molar-refractivity contribution in [1.82, 2.24) is 9.88 Å². The lowest BCUT2D eigenvalue weighted by Crippen LogP contribution is -2.39. The summed E-state index contributed by atoms with van der Waals surface area (Å²) in [6.45, 7) is 2.94. The van der Waals surface area contributed by atoms with E-state index in [2.05, 4.69) is 24.0 Å². The molecule has 3 aromatic rings. The highest BCUT2D eigenvalue weighted by atomic mass is 19.1. The van der Waals surface area contributed by atoms with E-state index >= 15 is 0 Å². The minimum atomic E-state index is -0.704. The zero-order chi connectivity index (χ0) is 21.8. The zero-order valence-electron chi connectivity index (χ0n) is 17.6. The van der Waals surface area contributed by atoms with Gasteiger partial charge in [-0.15, -0.1) is 0 Å². The molecule has 31 heavy (non-hydrogen) atoms. The van der Waals surface area contributed by atoms with Crippen LogP contribution in [0, 0.1) is 11.6 Å². The van der Waals surface area contributed by atoms with Crippen LogP contribution in [0.4, 0.5) is 8.78 Å². The van der Waals surface area contributed by atoms with Crippen molar-refractivity contribution in [2.75, 3.05) is 6.54 Å². The molecule has 0 radical (unpaired) electrons.